The van der Waals surface area contributed by atoms with E-state index in [1.807, 2.05) is 12.1 Å². The monoisotopic (exact) mass is 506 g/mol. The summed E-state index contributed by atoms with van der Waals surface area (Å²) in [4.78, 5) is 19.4. The number of pyridine rings is 1. The number of methoxy groups -OCH3 is 1. The van der Waals surface area contributed by atoms with Gasteiger partial charge in [0.2, 0.25) is 0 Å². The van der Waals surface area contributed by atoms with Gasteiger partial charge in [0.1, 0.15) is 23.2 Å². The molecule has 0 spiro atoms. The Kier molecular flexibility index (Phi) is 6.12. The van der Waals surface area contributed by atoms with Gasteiger partial charge in [-0.3, -0.25) is 4.79 Å². The summed E-state index contributed by atoms with van der Waals surface area (Å²) in [5.74, 6) is 1.40. The van der Waals surface area contributed by atoms with E-state index in [1.165, 1.54) is 17.7 Å². The minimum atomic E-state index is -1.15. The lowest BCUT2D eigenvalue weighted by atomic mass is 10.0. The molecule has 0 unspecified atom stereocenters. The van der Waals surface area contributed by atoms with Gasteiger partial charge >= 0.3 is 0 Å². The van der Waals surface area contributed by atoms with Gasteiger partial charge in [-0.15, -0.1) is 0 Å². The Labute approximate surface area is 213 Å². The van der Waals surface area contributed by atoms with Gasteiger partial charge in [0.25, 0.3) is 5.91 Å². The molecular weight excluding hydrogens is 475 g/mol. The highest BCUT2D eigenvalue weighted by molar-refractivity contribution is 6.02. The minimum Gasteiger partial charge on any atom is -0.496 e. The molecule has 3 N–H and O–H groups in total. The molecule has 1 saturated heterocycles. The van der Waals surface area contributed by atoms with E-state index in [4.69, 9.17) is 14.9 Å². The van der Waals surface area contributed by atoms with E-state index in [2.05, 4.69) is 15.6 Å². The van der Waals surface area contributed by atoms with Gasteiger partial charge < -0.3 is 29.5 Å². The lowest BCUT2D eigenvalue weighted by Gasteiger charge is -2.33. The van der Waals surface area contributed by atoms with E-state index in [9.17, 15) is 14.3 Å². The van der Waals surface area contributed by atoms with Gasteiger partial charge in [0.15, 0.2) is 5.76 Å². The van der Waals surface area contributed by atoms with Gasteiger partial charge in [-0.2, -0.15) is 0 Å². The SMILES string of the molecule is COc1cc(C(=O)N2C[C@H](N)C[C@@H](F)C2)cc2oc(-c3cc4cccnc4n3CC3CC3)c(CCO)c12. The molecule has 9 heteroatoms. The molecule has 1 aliphatic carbocycles. The summed E-state index contributed by atoms with van der Waals surface area (Å²) in [5.41, 5.74) is 9.40. The maximum absolute atomic E-state index is 14.2. The number of amides is 1. The number of nitrogens with two attached hydrogens (primary N) is 1. The number of aliphatic hydroxyl groups excluding tert-OH is 1. The molecule has 194 valence electrons. The molecule has 37 heavy (non-hydrogen) atoms. The summed E-state index contributed by atoms with van der Waals surface area (Å²) in [6, 6.07) is 8.97. The van der Waals surface area contributed by atoms with Crippen molar-refractivity contribution in [1.29, 1.82) is 0 Å². The van der Waals surface area contributed by atoms with Crippen molar-refractivity contribution in [3.05, 3.63) is 47.7 Å². The van der Waals surface area contributed by atoms with Crippen LogP contribution in [-0.4, -0.2) is 64.5 Å². The van der Waals surface area contributed by atoms with Crippen molar-refractivity contribution in [3.63, 3.8) is 0 Å². The Balaban J connectivity index is 1.50. The zero-order chi connectivity index (χ0) is 25.7. The standard InChI is InChI=1S/C28H31FN4O4/c1-36-23-10-18(28(35)32-14-19(29)12-20(30)15-32)11-24-25(23)21(6-8-34)26(37-24)22-9-17-3-2-7-31-27(17)33(22)13-16-4-5-16/h2-3,7,9-11,16,19-20,34H,4-6,8,12-15,30H2,1H3/t19-,20-/m1/s1. The summed E-state index contributed by atoms with van der Waals surface area (Å²) in [6.07, 6.45) is 3.63. The Hall–Kier alpha value is -3.43. The number of hydrogen-bond acceptors (Lipinski definition) is 6. The highest BCUT2D eigenvalue weighted by Crippen LogP contribution is 2.42. The predicted molar refractivity (Wildman–Crippen MR) is 138 cm³/mol. The van der Waals surface area contributed by atoms with E-state index in [0.717, 1.165) is 34.2 Å². The fourth-order valence-corrected chi connectivity index (χ4v) is 5.54. The molecule has 1 saturated carbocycles. The van der Waals surface area contributed by atoms with Crippen LogP contribution in [0.2, 0.25) is 0 Å². The maximum atomic E-state index is 14.2. The normalized spacial score (nSPS) is 20.2. The van der Waals surface area contributed by atoms with Gasteiger partial charge in [0, 0.05) is 54.9 Å². The van der Waals surface area contributed by atoms with Gasteiger partial charge in [-0.1, -0.05) is 0 Å². The predicted octanol–water partition coefficient (Wildman–Crippen LogP) is 3.91. The Bertz CT molecular complexity index is 1460. The summed E-state index contributed by atoms with van der Waals surface area (Å²) >= 11 is 0. The Morgan fingerprint density at radius 1 is 1.30 bits per heavy atom. The van der Waals surface area contributed by atoms with Crippen LogP contribution in [0.15, 0.2) is 40.9 Å². The number of carbonyl (C=O) groups is 1. The quantitative estimate of drug-likeness (QED) is 0.394. The molecule has 2 atom stereocenters. The largest absolute Gasteiger partial charge is 0.496 e. The van der Waals surface area contributed by atoms with Crippen LogP contribution in [0.25, 0.3) is 33.5 Å². The van der Waals surface area contributed by atoms with Gasteiger partial charge in [-0.25, -0.2) is 9.37 Å². The fraction of sp³-hybridized carbons (Fsp3) is 0.429. The number of nitrogens with zero attached hydrogens (tertiary/aromatic N) is 3. The number of furan rings is 1. The second-order valence-electron chi connectivity index (χ2n) is 10.2. The van der Waals surface area contributed by atoms with Crippen LogP contribution in [0, 0.1) is 5.92 Å². The van der Waals surface area contributed by atoms with Crippen molar-refractivity contribution in [1.82, 2.24) is 14.5 Å². The van der Waals surface area contributed by atoms with Crippen molar-refractivity contribution in [2.45, 2.75) is 44.4 Å². The zero-order valence-corrected chi connectivity index (χ0v) is 20.8. The number of halogens is 1. The first kappa shape index (κ1) is 23.9. The molecule has 4 aromatic rings. The first-order valence-corrected chi connectivity index (χ1v) is 12.8. The van der Waals surface area contributed by atoms with E-state index in [0.29, 0.717) is 41.5 Å². The average molecular weight is 507 g/mol. The van der Waals surface area contributed by atoms with Crippen molar-refractivity contribution in [3.8, 4) is 17.2 Å². The van der Waals surface area contributed by atoms with Crippen LogP contribution in [-0.2, 0) is 13.0 Å². The van der Waals surface area contributed by atoms with E-state index >= 15 is 0 Å². The van der Waals surface area contributed by atoms with E-state index in [1.54, 1.807) is 25.4 Å². The average Bonchev–Trinajstić information content (AvgIpc) is 3.54. The van der Waals surface area contributed by atoms with Crippen molar-refractivity contribution < 1.29 is 23.4 Å². The third kappa shape index (κ3) is 4.36. The number of alkyl halides is 1. The van der Waals surface area contributed by atoms with Crippen LogP contribution < -0.4 is 10.5 Å². The molecular formula is C28H31FN4O4. The number of ether oxygens (including phenoxy) is 1. The second kappa shape index (κ2) is 9.46. The number of aromatic nitrogens is 2. The number of piperidine rings is 1. The first-order valence-electron chi connectivity index (χ1n) is 12.8. The fourth-order valence-electron chi connectivity index (χ4n) is 5.54. The highest BCUT2D eigenvalue weighted by atomic mass is 19.1. The molecule has 0 bridgehead atoms. The smallest absolute Gasteiger partial charge is 0.254 e. The molecule has 1 aromatic carbocycles. The van der Waals surface area contributed by atoms with Crippen molar-refractivity contribution >= 4 is 27.9 Å². The summed E-state index contributed by atoms with van der Waals surface area (Å²) in [5, 5.41) is 11.7. The van der Waals surface area contributed by atoms with Crippen LogP contribution in [0.5, 0.6) is 5.75 Å². The van der Waals surface area contributed by atoms with E-state index in [-0.39, 0.29) is 25.5 Å². The number of fused-ring (bicyclic) bond motifs is 2. The molecule has 1 amide bonds. The lowest BCUT2D eigenvalue weighted by molar-refractivity contribution is 0.0606. The third-order valence-electron chi connectivity index (χ3n) is 7.43. The molecule has 2 fully saturated rings. The number of likely N-dealkylation sites (tertiary alicyclic amines) is 1. The number of carbonyl (C=O) groups excluding carboxylic acids is 1. The number of aliphatic hydroxyl groups is 1. The Morgan fingerprint density at radius 3 is 2.86 bits per heavy atom. The lowest BCUT2D eigenvalue weighted by Crippen LogP contribution is -2.50. The van der Waals surface area contributed by atoms with Crippen LogP contribution in [0.1, 0.15) is 35.2 Å². The summed E-state index contributed by atoms with van der Waals surface area (Å²) < 4.78 is 28.5. The number of benzene rings is 1. The number of rotatable bonds is 7. The summed E-state index contributed by atoms with van der Waals surface area (Å²) in [7, 11) is 1.54. The topological polar surface area (TPSA) is 107 Å². The van der Waals surface area contributed by atoms with Crippen LogP contribution in [0.3, 0.4) is 0 Å². The molecule has 4 heterocycles. The molecule has 0 radical (unpaired) electrons. The molecule has 1 aliphatic heterocycles. The first-order chi connectivity index (χ1) is 18.0. The number of hydrogen-bond donors (Lipinski definition) is 2. The molecule has 3 aromatic heterocycles. The Morgan fingerprint density at radius 2 is 2.14 bits per heavy atom. The molecule has 8 nitrogen and oxygen atoms in total. The van der Waals surface area contributed by atoms with Crippen LogP contribution >= 0.6 is 0 Å². The molecule has 6 rings (SSSR count). The van der Waals surface area contributed by atoms with Gasteiger partial charge in [0.05, 0.1) is 24.7 Å². The van der Waals surface area contributed by atoms with Crippen molar-refractivity contribution in [2.75, 3.05) is 26.8 Å². The third-order valence-corrected chi connectivity index (χ3v) is 7.43. The van der Waals surface area contributed by atoms with Gasteiger partial charge in [-0.05, 0) is 55.5 Å². The minimum absolute atomic E-state index is 0.0142. The van der Waals surface area contributed by atoms with E-state index < -0.39 is 12.2 Å². The highest BCUT2D eigenvalue weighted by Gasteiger charge is 2.31. The maximum Gasteiger partial charge on any atom is 0.254 e. The zero-order valence-electron chi connectivity index (χ0n) is 20.8. The molecule has 2 aliphatic rings. The van der Waals surface area contributed by atoms with Crippen molar-refractivity contribution in [2.24, 2.45) is 11.7 Å². The summed E-state index contributed by atoms with van der Waals surface area (Å²) in [6.45, 7) is 1.08. The van der Waals surface area contributed by atoms with Crippen LogP contribution in [0.4, 0.5) is 4.39 Å². The second-order valence-corrected chi connectivity index (χ2v) is 10.2.